The molecular weight excluding hydrogens is 316 g/mol. The molecule has 0 aliphatic rings. The van der Waals surface area contributed by atoms with Gasteiger partial charge in [0.25, 0.3) is 5.71 Å². The van der Waals surface area contributed by atoms with Gasteiger partial charge in [0.1, 0.15) is 11.0 Å². The van der Waals surface area contributed by atoms with E-state index in [4.69, 9.17) is 9.68 Å². The fraction of sp³-hybridized carbons (Fsp3) is 0.111. The Kier molecular flexibility index (Phi) is 3.43. The molecule has 0 amide bonds. The molecule has 4 aromatic rings. The maximum atomic E-state index is 8.67. The SMILES string of the molecule is CNc1nc2oc(-c3cccc(C=CC#N)c3)nc2c2c1ncn2C. The first-order chi connectivity index (χ1) is 12.2. The minimum absolute atomic E-state index is 0.452. The van der Waals surface area contributed by atoms with Crippen molar-refractivity contribution in [2.75, 3.05) is 12.4 Å². The van der Waals surface area contributed by atoms with Gasteiger partial charge < -0.3 is 14.3 Å². The summed E-state index contributed by atoms with van der Waals surface area (Å²) in [4.78, 5) is 13.5. The Hall–Kier alpha value is -3.66. The molecule has 7 nitrogen and oxygen atoms in total. The molecule has 0 saturated heterocycles. The third kappa shape index (κ3) is 2.40. The smallest absolute Gasteiger partial charge is 0.251 e. The molecule has 0 atom stereocenters. The second-order valence-corrected chi connectivity index (χ2v) is 5.52. The maximum absolute atomic E-state index is 8.67. The zero-order chi connectivity index (χ0) is 17.4. The molecule has 0 bridgehead atoms. The van der Waals surface area contributed by atoms with E-state index in [1.807, 2.05) is 41.9 Å². The van der Waals surface area contributed by atoms with Crippen LogP contribution in [0.1, 0.15) is 5.56 Å². The van der Waals surface area contributed by atoms with Crippen molar-refractivity contribution in [2.24, 2.45) is 7.05 Å². The van der Waals surface area contributed by atoms with E-state index in [2.05, 4.69) is 20.3 Å². The summed E-state index contributed by atoms with van der Waals surface area (Å²) in [7, 11) is 3.71. The van der Waals surface area contributed by atoms with Crippen LogP contribution in [0.25, 0.3) is 39.8 Å². The number of nitriles is 1. The van der Waals surface area contributed by atoms with Gasteiger partial charge >= 0.3 is 0 Å². The largest absolute Gasteiger partial charge is 0.418 e. The molecule has 3 aromatic heterocycles. The lowest BCUT2D eigenvalue weighted by molar-refractivity contribution is 0.608. The van der Waals surface area contributed by atoms with Crippen LogP contribution in [-0.4, -0.2) is 26.6 Å². The molecule has 3 heterocycles. The normalized spacial score (nSPS) is 11.4. The molecule has 0 aliphatic heterocycles. The number of benzene rings is 1. The van der Waals surface area contributed by atoms with Crippen molar-refractivity contribution in [3.8, 4) is 17.5 Å². The van der Waals surface area contributed by atoms with Crippen LogP contribution in [0.5, 0.6) is 0 Å². The third-order valence-electron chi connectivity index (χ3n) is 3.93. The van der Waals surface area contributed by atoms with Gasteiger partial charge in [0, 0.05) is 25.7 Å². The second-order valence-electron chi connectivity index (χ2n) is 5.52. The van der Waals surface area contributed by atoms with Gasteiger partial charge in [-0.25, -0.2) is 9.97 Å². The van der Waals surface area contributed by atoms with Crippen LogP contribution < -0.4 is 5.32 Å². The minimum Gasteiger partial charge on any atom is -0.418 e. The van der Waals surface area contributed by atoms with E-state index >= 15 is 0 Å². The highest BCUT2D eigenvalue weighted by molar-refractivity contribution is 6.03. The quantitative estimate of drug-likeness (QED) is 0.579. The van der Waals surface area contributed by atoms with E-state index in [9.17, 15) is 0 Å². The summed E-state index contributed by atoms with van der Waals surface area (Å²) in [5.74, 6) is 1.13. The fourth-order valence-corrected chi connectivity index (χ4v) is 2.79. The van der Waals surface area contributed by atoms with Crippen LogP contribution in [0, 0.1) is 11.3 Å². The van der Waals surface area contributed by atoms with E-state index in [1.165, 1.54) is 6.08 Å². The molecule has 0 saturated carbocycles. The monoisotopic (exact) mass is 330 g/mol. The lowest BCUT2D eigenvalue weighted by Gasteiger charge is -2.00. The molecule has 0 spiro atoms. The highest BCUT2D eigenvalue weighted by Crippen LogP contribution is 2.31. The average Bonchev–Trinajstić information content (AvgIpc) is 3.23. The van der Waals surface area contributed by atoms with Crippen molar-refractivity contribution in [3.05, 3.63) is 42.2 Å². The lowest BCUT2D eigenvalue weighted by Crippen LogP contribution is -1.95. The molecule has 0 unspecified atom stereocenters. The van der Waals surface area contributed by atoms with Crippen LogP contribution in [-0.2, 0) is 7.05 Å². The summed E-state index contributed by atoms with van der Waals surface area (Å²) in [5, 5.41) is 11.7. The lowest BCUT2D eigenvalue weighted by atomic mass is 10.1. The number of aryl methyl sites for hydroxylation is 1. The number of aromatic nitrogens is 4. The Morgan fingerprint density at radius 2 is 2.16 bits per heavy atom. The standard InChI is InChI=1S/C18H14N6O/c1-20-16-13-15(24(2)10-21-13)14-18(23-16)25-17(22-14)12-7-3-5-11(9-12)6-4-8-19/h3-7,9-10H,1-2H3,(H,20,23). The molecule has 0 radical (unpaired) electrons. The maximum Gasteiger partial charge on any atom is 0.251 e. The number of hydrogen-bond donors (Lipinski definition) is 1. The number of pyridine rings is 1. The molecule has 0 fully saturated rings. The summed E-state index contributed by atoms with van der Waals surface area (Å²) in [5.41, 5.74) is 4.46. The molecule has 25 heavy (non-hydrogen) atoms. The summed E-state index contributed by atoms with van der Waals surface area (Å²) in [6, 6.07) is 9.62. The predicted octanol–water partition coefficient (Wildman–Crippen LogP) is 3.35. The Morgan fingerprint density at radius 1 is 1.28 bits per heavy atom. The van der Waals surface area contributed by atoms with Crippen molar-refractivity contribution in [1.29, 1.82) is 5.26 Å². The van der Waals surface area contributed by atoms with Gasteiger partial charge in [-0.15, -0.1) is 0 Å². The van der Waals surface area contributed by atoms with Gasteiger partial charge in [-0.3, -0.25) is 0 Å². The first-order valence-electron chi connectivity index (χ1n) is 7.67. The molecule has 4 rings (SSSR count). The van der Waals surface area contributed by atoms with Gasteiger partial charge in [0.2, 0.25) is 5.89 Å². The van der Waals surface area contributed by atoms with Crippen LogP contribution in [0.2, 0.25) is 0 Å². The van der Waals surface area contributed by atoms with E-state index < -0.39 is 0 Å². The summed E-state index contributed by atoms with van der Waals surface area (Å²) < 4.78 is 7.80. The van der Waals surface area contributed by atoms with Crippen molar-refractivity contribution < 1.29 is 4.42 Å². The van der Waals surface area contributed by atoms with Crippen LogP contribution in [0.15, 0.2) is 41.1 Å². The van der Waals surface area contributed by atoms with E-state index in [0.717, 1.165) is 22.2 Å². The summed E-state index contributed by atoms with van der Waals surface area (Å²) >= 11 is 0. The average molecular weight is 330 g/mol. The Bertz CT molecular complexity index is 1160. The molecule has 1 aromatic carbocycles. The Morgan fingerprint density at radius 3 is 2.96 bits per heavy atom. The number of anilines is 1. The number of hydrogen-bond acceptors (Lipinski definition) is 6. The van der Waals surface area contributed by atoms with Crippen LogP contribution in [0.3, 0.4) is 0 Å². The zero-order valence-corrected chi connectivity index (χ0v) is 13.7. The highest BCUT2D eigenvalue weighted by Gasteiger charge is 2.18. The van der Waals surface area contributed by atoms with E-state index in [0.29, 0.717) is 22.9 Å². The van der Waals surface area contributed by atoms with Gasteiger partial charge in [0.05, 0.1) is 12.4 Å². The van der Waals surface area contributed by atoms with E-state index in [1.54, 1.807) is 19.5 Å². The van der Waals surface area contributed by atoms with Gasteiger partial charge in [0.15, 0.2) is 11.3 Å². The van der Waals surface area contributed by atoms with Crippen LogP contribution in [0.4, 0.5) is 5.82 Å². The number of oxazole rings is 1. The highest BCUT2D eigenvalue weighted by atomic mass is 16.4. The van der Waals surface area contributed by atoms with Crippen molar-refractivity contribution in [2.45, 2.75) is 0 Å². The Balaban J connectivity index is 1.93. The number of imidazole rings is 1. The van der Waals surface area contributed by atoms with Gasteiger partial charge in [-0.1, -0.05) is 12.1 Å². The first kappa shape index (κ1) is 14.9. The minimum atomic E-state index is 0.452. The number of rotatable bonds is 3. The number of allylic oxidation sites excluding steroid dienone is 1. The van der Waals surface area contributed by atoms with Gasteiger partial charge in [-0.05, 0) is 23.8 Å². The first-order valence-corrected chi connectivity index (χ1v) is 7.67. The molecule has 0 aliphatic carbocycles. The Labute approximate surface area is 143 Å². The predicted molar refractivity (Wildman–Crippen MR) is 95.7 cm³/mol. The molecular formula is C18H14N6O. The van der Waals surface area contributed by atoms with Crippen LogP contribution >= 0.6 is 0 Å². The van der Waals surface area contributed by atoms with Crippen molar-refractivity contribution in [1.82, 2.24) is 19.5 Å². The molecule has 7 heteroatoms. The van der Waals surface area contributed by atoms with E-state index in [-0.39, 0.29) is 0 Å². The fourth-order valence-electron chi connectivity index (χ4n) is 2.79. The third-order valence-corrected chi connectivity index (χ3v) is 3.93. The summed E-state index contributed by atoms with van der Waals surface area (Å²) in [6.45, 7) is 0. The second kappa shape index (κ2) is 5.76. The number of fused-ring (bicyclic) bond motifs is 3. The molecule has 122 valence electrons. The summed E-state index contributed by atoms with van der Waals surface area (Å²) in [6.07, 6.45) is 4.90. The number of nitrogens with one attached hydrogen (secondary N) is 1. The van der Waals surface area contributed by atoms with Crippen molar-refractivity contribution in [3.63, 3.8) is 0 Å². The van der Waals surface area contributed by atoms with Crippen molar-refractivity contribution >= 4 is 34.2 Å². The number of nitrogens with zero attached hydrogens (tertiary/aromatic N) is 5. The zero-order valence-electron chi connectivity index (χ0n) is 13.7. The van der Waals surface area contributed by atoms with Gasteiger partial charge in [-0.2, -0.15) is 10.2 Å². The topological polar surface area (TPSA) is 92.6 Å². The molecule has 1 N–H and O–H groups in total.